The Kier molecular flexibility index (Phi) is 4.74. The van der Waals surface area contributed by atoms with Gasteiger partial charge in [0.15, 0.2) is 0 Å². The Morgan fingerprint density at radius 1 is 1.20 bits per heavy atom. The van der Waals surface area contributed by atoms with Crippen LogP contribution in [0.3, 0.4) is 0 Å². The summed E-state index contributed by atoms with van der Waals surface area (Å²) in [6.45, 7) is 0. The second kappa shape index (κ2) is 6.17. The molecule has 0 amide bonds. The summed E-state index contributed by atoms with van der Waals surface area (Å²) < 4.78 is 38.1. The molecule has 2 unspecified atom stereocenters. The fraction of sp³-hybridized carbons (Fsp3) is 0.625. The number of alkyl halides is 3. The molecular formula is C16H22F3N. The average molecular weight is 285 g/mol. The highest BCUT2D eigenvalue weighted by Gasteiger charge is 2.30. The van der Waals surface area contributed by atoms with Gasteiger partial charge in [-0.1, -0.05) is 31.0 Å². The van der Waals surface area contributed by atoms with Crippen LogP contribution in [0, 0.1) is 5.92 Å². The van der Waals surface area contributed by atoms with Gasteiger partial charge in [-0.25, -0.2) is 0 Å². The lowest BCUT2D eigenvalue weighted by Gasteiger charge is -2.33. The quantitative estimate of drug-likeness (QED) is 0.797. The van der Waals surface area contributed by atoms with Crippen molar-refractivity contribution in [3.8, 4) is 0 Å². The number of benzene rings is 1. The fourth-order valence-electron chi connectivity index (χ4n) is 3.13. The van der Waals surface area contributed by atoms with Crippen molar-refractivity contribution in [1.82, 2.24) is 4.90 Å². The maximum absolute atomic E-state index is 12.7. The van der Waals surface area contributed by atoms with Crippen molar-refractivity contribution >= 4 is 0 Å². The SMILES string of the molecule is CN(C)C1CCCC(Cc2cccc(C(F)(F)F)c2)C1. The molecule has 0 aliphatic heterocycles. The molecule has 112 valence electrons. The zero-order chi connectivity index (χ0) is 14.8. The summed E-state index contributed by atoms with van der Waals surface area (Å²) >= 11 is 0. The molecule has 2 atom stereocenters. The Morgan fingerprint density at radius 3 is 2.60 bits per heavy atom. The van der Waals surface area contributed by atoms with Gasteiger partial charge in [0.05, 0.1) is 5.56 Å². The molecule has 0 bridgehead atoms. The molecule has 20 heavy (non-hydrogen) atoms. The lowest BCUT2D eigenvalue weighted by atomic mass is 9.81. The Hall–Kier alpha value is -1.03. The highest BCUT2D eigenvalue weighted by molar-refractivity contribution is 5.26. The van der Waals surface area contributed by atoms with Crippen LogP contribution < -0.4 is 0 Å². The summed E-state index contributed by atoms with van der Waals surface area (Å²) in [6, 6.07) is 6.35. The van der Waals surface area contributed by atoms with E-state index in [4.69, 9.17) is 0 Å². The molecule has 1 aromatic rings. The van der Waals surface area contributed by atoms with Gasteiger partial charge in [0.2, 0.25) is 0 Å². The third kappa shape index (κ3) is 3.98. The van der Waals surface area contributed by atoms with Crippen molar-refractivity contribution in [1.29, 1.82) is 0 Å². The number of hydrogen-bond acceptors (Lipinski definition) is 1. The minimum absolute atomic E-state index is 0.500. The van der Waals surface area contributed by atoms with Crippen LogP contribution in [0.2, 0.25) is 0 Å². The van der Waals surface area contributed by atoms with E-state index < -0.39 is 11.7 Å². The van der Waals surface area contributed by atoms with E-state index in [0.717, 1.165) is 30.9 Å². The molecule has 0 saturated heterocycles. The standard InChI is InChI=1S/C16H22F3N/c1-20(2)15-8-4-6-13(11-15)9-12-5-3-7-14(10-12)16(17,18)19/h3,5,7,10,13,15H,4,6,8-9,11H2,1-2H3. The molecule has 0 radical (unpaired) electrons. The second-order valence-electron chi connectivity index (χ2n) is 6.05. The van der Waals surface area contributed by atoms with Crippen LogP contribution in [0.25, 0.3) is 0 Å². The Balaban J connectivity index is 2.03. The van der Waals surface area contributed by atoms with Crippen LogP contribution in [0.15, 0.2) is 24.3 Å². The molecule has 1 aromatic carbocycles. The van der Waals surface area contributed by atoms with Crippen molar-refractivity contribution in [3.05, 3.63) is 35.4 Å². The topological polar surface area (TPSA) is 3.24 Å². The zero-order valence-electron chi connectivity index (χ0n) is 12.1. The molecule has 1 nitrogen and oxygen atoms in total. The lowest BCUT2D eigenvalue weighted by molar-refractivity contribution is -0.137. The third-order valence-corrected chi connectivity index (χ3v) is 4.26. The largest absolute Gasteiger partial charge is 0.416 e. The van der Waals surface area contributed by atoms with Crippen molar-refractivity contribution in [2.24, 2.45) is 5.92 Å². The summed E-state index contributed by atoms with van der Waals surface area (Å²) in [7, 11) is 4.16. The maximum Gasteiger partial charge on any atom is 0.416 e. The smallest absolute Gasteiger partial charge is 0.306 e. The molecule has 1 aliphatic carbocycles. The molecule has 0 spiro atoms. The lowest BCUT2D eigenvalue weighted by Crippen LogP contribution is -2.33. The first-order chi connectivity index (χ1) is 9.36. The van der Waals surface area contributed by atoms with Gasteiger partial charge in [-0.15, -0.1) is 0 Å². The van der Waals surface area contributed by atoms with Gasteiger partial charge in [0.1, 0.15) is 0 Å². The molecule has 0 heterocycles. The molecule has 1 aliphatic rings. The number of halogens is 3. The second-order valence-corrected chi connectivity index (χ2v) is 6.05. The number of nitrogens with zero attached hydrogens (tertiary/aromatic N) is 1. The van der Waals surface area contributed by atoms with Gasteiger partial charge in [-0.3, -0.25) is 0 Å². The van der Waals surface area contributed by atoms with Gasteiger partial charge < -0.3 is 4.90 Å². The summed E-state index contributed by atoms with van der Waals surface area (Å²) in [5.41, 5.74) is 0.277. The monoisotopic (exact) mass is 285 g/mol. The molecule has 2 rings (SSSR count). The Labute approximate surface area is 118 Å². The first kappa shape index (κ1) is 15.4. The minimum Gasteiger partial charge on any atom is -0.306 e. The summed E-state index contributed by atoms with van der Waals surface area (Å²) in [5.74, 6) is 0.500. The van der Waals surface area contributed by atoms with Crippen LogP contribution >= 0.6 is 0 Å². The van der Waals surface area contributed by atoms with Gasteiger partial charge in [-0.2, -0.15) is 13.2 Å². The molecular weight excluding hydrogens is 263 g/mol. The summed E-state index contributed by atoms with van der Waals surface area (Å²) in [5, 5.41) is 0. The Morgan fingerprint density at radius 2 is 1.95 bits per heavy atom. The molecule has 0 N–H and O–H groups in total. The normalized spacial score (nSPS) is 24.1. The predicted octanol–water partition coefficient (Wildman–Crippen LogP) is 4.37. The number of rotatable bonds is 3. The van der Waals surface area contributed by atoms with E-state index in [0.29, 0.717) is 12.0 Å². The van der Waals surface area contributed by atoms with Crippen molar-refractivity contribution < 1.29 is 13.2 Å². The highest BCUT2D eigenvalue weighted by Crippen LogP contribution is 2.32. The van der Waals surface area contributed by atoms with E-state index >= 15 is 0 Å². The van der Waals surface area contributed by atoms with Crippen molar-refractivity contribution in [2.75, 3.05) is 14.1 Å². The maximum atomic E-state index is 12.7. The van der Waals surface area contributed by atoms with Crippen molar-refractivity contribution in [2.45, 2.75) is 44.3 Å². The van der Waals surface area contributed by atoms with Crippen LogP contribution in [0.5, 0.6) is 0 Å². The van der Waals surface area contributed by atoms with Crippen LogP contribution in [-0.4, -0.2) is 25.0 Å². The first-order valence-electron chi connectivity index (χ1n) is 7.19. The van der Waals surface area contributed by atoms with E-state index in [1.807, 2.05) is 6.07 Å². The van der Waals surface area contributed by atoms with E-state index in [1.54, 1.807) is 0 Å². The Bertz CT molecular complexity index is 440. The zero-order valence-corrected chi connectivity index (χ0v) is 12.1. The molecule has 1 saturated carbocycles. The molecule has 4 heteroatoms. The highest BCUT2D eigenvalue weighted by atomic mass is 19.4. The average Bonchev–Trinajstić information content (AvgIpc) is 2.38. The van der Waals surface area contributed by atoms with Gasteiger partial charge in [-0.05, 0) is 50.9 Å². The van der Waals surface area contributed by atoms with E-state index in [2.05, 4.69) is 19.0 Å². The minimum atomic E-state index is -4.24. The fourth-order valence-corrected chi connectivity index (χ4v) is 3.13. The predicted molar refractivity (Wildman–Crippen MR) is 74.6 cm³/mol. The van der Waals surface area contributed by atoms with Crippen LogP contribution in [0.4, 0.5) is 13.2 Å². The summed E-state index contributed by atoms with van der Waals surface area (Å²) in [4.78, 5) is 2.23. The van der Waals surface area contributed by atoms with Crippen molar-refractivity contribution in [3.63, 3.8) is 0 Å². The van der Waals surface area contributed by atoms with Gasteiger partial charge in [0.25, 0.3) is 0 Å². The van der Waals surface area contributed by atoms with Crippen LogP contribution in [0.1, 0.15) is 36.8 Å². The molecule has 0 aromatic heterocycles. The third-order valence-electron chi connectivity index (χ3n) is 4.26. The first-order valence-corrected chi connectivity index (χ1v) is 7.19. The summed E-state index contributed by atoms with van der Waals surface area (Å²) in [6.07, 6.45) is 1.10. The van der Waals surface area contributed by atoms with E-state index in [-0.39, 0.29) is 0 Å². The van der Waals surface area contributed by atoms with Gasteiger partial charge >= 0.3 is 6.18 Å². The van der Waals surface area contributed by atoms with Crippen LogP contribution in [-0.2, 0) is 12.6 Å². The molecule has 1 fully saturated rings. The van der Waals surface area contributed by atoms with E-state index in [9.17, 15) is 13.2 Å². The van der Waals surface area contributed by atoms with E-state index in [1.165, 1.54) is 25.0 Å². The number of hydrogen-bond donors (Lipinski definition) is 0. The van der Waals surface area contributed by atoms with Gasteiger partial charge in [0, 0.05) is 6.04 Å².